The average Bonchev–Trinajstić information content (AvgIpc) is 2.83. The van der Waals surface area contributed by atoms with Gasteiger partial charge in [-0.25, -0.2) is 9.64 Å². The van der Waals surface area contributed by atoms with Crippen LogP contribution in [-0.4, -0.2) is 36.0 Å². The van der Waals surface area contributed by atoms with Crippen molar-refractivity contribution in [1.82, 2.24) is 0 Å². The van der Waals surface area contributed by atoms with Gasteiger partial charge in [0.05, 0.1) is 17.8 Å². The van der Waals surface area contributed by atoms with Gasteiger partial charge in [-0.15, -0.1) is 0 Å². The second-order valence-electron chi connectivity index (χ2n) is 7.59. The van der Waals surface area contributed by atoms with Gasteiger partial charge in [0.25, 0.3) is 17.5 Å². The highest BCUT2D eigenvalue weighted by Gasteiger charge is 2.36. The number of carbonyl (C=O) groups excluding carboxylic acids is 2. The van der Waals surface area contributed by atoms with Crippen molar-refractivity contribution >= 4 is 35.2 Å². The van der Waals surface area contributed by atoms with Crippen molar-refractivity contribution in [3.8, 4) is 0 Å². The average molecular weight is 456 g/mol. The molecule has 7 nitrogen and oxygen atoms in total. The van der Waals surface area contributed by atoms with E-state index in [0.29, 0.717) is 0 Å². The molecule has 34 heavy (non-hydrogen) atoms. The lowest BCUT2D eigenvalue weighted by atomic mass is 9.97. The van der Waals surface area contributed by atoms with E-state index in [9.17, 15) is 19.5 Å². The van der Waals surface area contributed by atoms with E-state index in [0.717, 1.165) is 29.2 Å². The number of carboxylic acids is 1. The van der Waals surface area contributed by atoms with Gasteiger partial charge in [-0.05, 0) is 62.2 Å². The molecule has 0 spiro atoms. The molecular formula is C27H25N3O4. The molecule has 1 aliphatic heterocycles. The summed E-state index contributed by atoms with van der Waals surface area (Å²) in [6.45, 7) is 15.0. The van der Waals surface area contributed by atoms with E-state index >= 15 is 0 Å². The quantitative estimate of drug-likeness (QED) is 0.363. The largest absolute Gasteiger partial charge is 0.478 e. The van der Waals surface area contributed by atoms with Gasteiger partial charge in [-0.1, -0.05) is 36.4 Å². The molecule has 0 saturated carbocycles. The Hall–Kier alpha value is -4.44. The van der Waals surface area contributed by atoms with Crippen LogP contribution in [0.2, 0.25) is 0 Å². The summed E-state index contributed by atoms with van der Waals surface area (Å²) in [7, 11) is 0. The maximum absolute atomic E-state index is 13.2. The Morgan fingerprint density at radius 2 is 1.76 bits per heavy atom. The number of hydrogen-bond donors (Lipinski definition) is 1. The molecule has 1 heterocycles. The van der Waals surface area contributed by atoms with Gasteiger partial charge in [-0.2, -0.15) is 0 Å². The lowest BCUT2D eigenvalue weighted by Gasteiger charge is -2.27. The number of carbonyl (C=O) groups is 3. The van der Waals surface area contributed by atoms with Crippen molar-refractivity contribution in [2.24, 2.45) is 0 Å². The number of carboxylic acid groups (broad SMARTS) is 1. The number of anilines is 2. The van der Waals surface area contributed by atoms with E-state index in [4.69, 9.17) is 6.57 Å². The molecule has 0 bridgehead atoms. The molecule has 1 N–H and O–H groups in total. The van der Waals surface area contributed by atoms with Gasteiger partial charge in [-0.3, -0.25) is 14.5 Å². The Morgan fingerprint density at radius 1 is 1.09 bits per heavy atom. The minimum atomic E-state index is -1.18. The zero-order valence-corrected chi connectivity index (χ0v) is 19.3. The summed E-state index contributed by atoms with van der Waals surface area (Å²) < 4.78 is 0. The first-order valence-corrected chi connectivity index (χ1v) is 10.9. The number of benzene rings is 2. The highest BCUT2D eigenvalue weighted by atomic mass is 16.4. The van der Waals surface area contributed by atoms with Gasteiger partial charge < -0.3 is 10.0 Å². The third-order valence-corrected chi connectivity index (χ3v) is 5.63. The van der Waals surface area contributed by atoms with E-state index in [1.54, 1.807) is 19.1 Å². The maximum Gasteiger partial charge on any atom is 0.335 e. The monoisotopic (exact) mass is 455 g/mol. The molecular weight excluding hydrogens is 430 g/mol. The molecule has 2 amide bonds. The fourth-order valence-corrected chi connectivity index (χ4v) is 3.75. The molecule has 7 heteroatoms. The summed E-state index contributed by atoms with van der Waals surface area (Å²) >= 11 is 0. The van der Waals surface area contributed by atoms with Crippen LogP contribution >= 0.6 is 0 Å². The predicted octanol–water partition coefficient (Wildman–Crippen LogP) is 4.94. The molecule has 0 fully saturated rings. The molecule has 172 valence electrons. The van der Waals surface area contributed by atoms with Crippen molar-refractivity contribution in [1.29, 1.82) is 0 Å². The van der Waals surface area contributed by atoms with Crippen molar-refractivity contribution < 1.29 is 19.5 Å². The van der Waals surface area contributed by atoms with E-state index in [1.807, 2.05) is 30.3 Å². The molecule has 0 saturated heterocycles. The van der Waals surface area contributed by atoms with E-state index < -0.39 is 17.8 Å². The first-order chi connectivity index (χ1) is 16.3. The van der Waals surface area contributed by atoms with E-state index in [2.05, 4.69) is 23.6 Å². The molecule has 0 atom stereocenters. The van der Waals surface area contributed by atoms with Gasteiger partial charge in [0.1, 0.15) is 0 Å². The number of amides is 2. The van der Waals surface area contributed by atoms with Crippen molar-refractivity contribution in [2.75, 3.05) is 22.9 Å². The number of imide groups is 1. The SMILES string of the molecule is [C-]#[N+]C1=C(C)/C(=C/C=Cc2ccc(N(CC)CC)cc2)C(=O)N(c2cccc(C(=O)O)c2)C1=O. The molecule has 2 aromatic carbocycles. The van der Waals surface area contributed by atoms with Crippen molar-refractivity contribution in [2.45, 2.75) is 20.8 Å². The summed E-state index contributed by atoms with van der Waals surface area (Å²) in [6.07, 6.45) is 5.11. The number of nitrogens with zero attached hydrogens (tertiary/aromatic N) is 3. The summed E-state index contributed by atoms with van der Waals surface area (Å²) in [5.74, 6) is -2.56. The predicted molar refractivity (Wildman–Crippen MR) is 132 cm³/mol. The van der Waals surface area contributed by atoms with Crippen LogP contribution in [0.3, 0.4) is 0 Å². The minimum absolute atomic E-state index is 0.0627. The number of allylic oxidation sites excluding steroid dienone is 2. The second kappa shape index (κ2) is 10.5. The van der Waals surface area contributed by atoms with Crippen LogP contribution < -0.4 is 9.80 Å². The summed E-state index contributed by atoms with van der Waals surface area (Å²) in [5.41, 5.74) is 2.41. The van der Waals surface area contributed by atoms with Crippen molar-refractivity contribution in [3.05, 3.63) is 100 Å². The van der Waals surface area contributed by atoms with Crippen LogP contribution in [0.4, 0.5) is 11.4 Å². The van der Waals surface area contributed by atoms with Crippen LogP contribution in [0, 0.1) is 6.57 Å². The fraction of sp³-hybridized carbons (Fsp3) is 0.185. The number of rotatable bonds is 7. The third-order valence-electron chi connectivity index (χ3n) is 5.63. The molecule has 0 radical (unpaired) electrons. The van der Waals surface area contributed by atoms with E-state index in [-0.39, 0.29) is 28.1 Å². The summed E-state index contributed by atoms with van der Waals surface area (Å²) in [6, 6.07) is 13.5. The van der Waals surface area contributed by atoms with Crippen LogP contribution in [0.25, 0.3) is 10.9 Å². The molecule has 0 unspecified atom stereocenters. The molecule has 2 aromatic rings. The van der Waals surface area contributed by atoms with Crippen molar-refractivity contribution in [3.63, 3.8) is 0 Å². The van der Waals surface area contributed by atoms with Crippen LogP contribution in [0.15, 0.2) is 77.5 Å². The Kier molecular flexibility index (Phi) is 7.44. The van der Waals surface area contributed by atoms with Crippen LogP contribution in [-0.2, 0) is 9.59 Å². The number of hydrogen-bond acceptors (Lipinski definition) is 4. The Labute approximate surface area is 198 Å². The Balaban J connectivity index is 1.95. The molecule has 1 aliphatic rings. The number of aromatic carboxylic acids is 1. The molecule has 3 rings (SSSR count). The Bertz CT molecular complexity index is 1260. The summed E-state index contributed by atoms with van der Waals surface area (Å²) in [4.78, 5) is 43.9. The van der Waals surface area contributed by atoms with Crippen LogP contribution in [0.1, 0.15) is 36.7 Å². The second-order valence-corrected chi connectivity index (χ2v) is 7.59. The van der Waals surface area contributed by atoms with Gasteiger partial charge in [0.15, 0.2) is 0 Å². The Morgan fingerprint density at radius 3 is 2.35 bits per heavy atom. The standard InChI is InChI=1S/C27H25N3O4/c1-5-29(6-2)21-15-13-19(14-16-21)9-7-12-23-18(3)24(28-4)26(32)30(25(23)31)22-11-8-10-20(17-22)27(33)34/h7-17H,5-6H2,1-3H3,(H,33,34)/b9-7?,23-12-. The maximum atomic E-state index is 13.2. The topological polar surface area (TPSA) is 82.3 Å². The van der Waals surface area contributed by atoms with Gasteiger partial charge >= 0.3 is 5.97 Å². The molecule has 0 aliphatic carbocycles. The summed E-state index contributed by atoms with van der Waals surface area (Å²) in [5, 5.41) is 9.26. The smallest absolute Gasteiger partial charge is 0.335 e. The fourth-order valence-electron chi connectivity index (χ4n) is 3.75. The zero-order valence-electron chi connectivity index (χ0n) is 19.3. The van der Waals surface area contributed by atoms with Gasteiger partial charge in [0.2, 0.25) is 0 Å². The first-order valence-electron chi connectivity index (χ1n) is 10.9. The third kappa shape index (κ3) is 4.81. The lowest BCUT2D eigenvalue weighted by molar-refractivity contribution is -0.123. The highest BCUT2D eigenvalue weighted by Crippen LogP contribution is 2.31. The minimum Gasteiger partial charge on any atom is -0.478 e. The zero-order chi connectivity index (χ0) is 24.8. The molecule has 0 aromatic heterocycles. The highest BCUT2D eigenvalue weighted by molar-refractivity contribution is 6.30. The first kappa shape index (κ1) is 24.2. The van der Waals surface area contributed by atoms with Crippen LogP contribution in [0.5, 0.6) is 0 Å². The van der Waals surface area contributed by atoms with Gasteiger partial charge in [0, 0.05) is 24.4 Å². The van der Waals surface area contributed by atoms with E-state index in [1.165, 1.54) is 24.3 Å². The normalized spacial score (nSPS) is 15.2. The lowest BCUT2D eigenvalue weighted by Crippen LogP contribution is -2.42.